The summed E-state index contributed by atoms with van der Waals surface area (Å²) in [4.78, 5) is 13.4. The number of hydrogen-bond donors (Lipinski definition) is 2. The Morgan fingerprint density at radius 1 is 1.22 bits per heavy atom. The maximum Gasteiger partial charge on any atom is 0.279 e. The Balaban J connectivity index is 1.62. The number of hydrogen-bond acceptors (Lipinski definition) is 4. The summed E-state index contributed by atoms with van der Waals surface area (Å²) in [5.41, 5.74) is 1.51. The number of amides is 1. The Hall–Kier alpha value is -2.15. The number of anilines is 1. The van der Waals surface area contributed by atoms with Gasteiger partial charge in [-0.15, -0.1) is 0 Å². The molecule has 0 saturated heterocycles. The van der Waals surface area contributed by atoms with E-state index in [4.69, 9.17) is 37.4 Å². The third-order valence-electron chi connectivity index (χ3n) is 4.06. The van der Waals surface area contributed by atoms with Crippen LogP contribution >= 0.6 is 23.2 Å². The molecule has 1 aliphatic heterocycles. The highest BCUT2D eigenvalue weighted by molar-refractivity contribution is 6.32. The highest BCUT2D eigenvalue weighted by Crippen LogP contribution is 2.38. The molecule has 0 saturated carbocycles. The lowest BCUT2D eigenvalue weighted by Gasteiger charge is -2.21. The van der Waals surface area contributed by atoms with Gasteiger partial charge in [0.2, 0.25) is 0 Å². The summed E-state index contributed by atoms with van der Waals surface area (Å²) in [7, 11) is 3.47. The number of ether oxygens (including phenoxy) is 3. The van der Waals surface area contributed by atoms with Crippen LogP contribution in [0.3, 0.4) is 0 Å². The Morgan fingerprint density at radius 2 is 2.00 bits per heavy atom. The minimum Gasteiger partial charge on any atom is -0.495 e. The molecule has 3 rings (SSSR count). The summed E-state index contributed by atoms with van der Waals surface area (Å²) in [6.07, 6.45) is 0. The van der Waals surface area contributed by atoms with Crippen molar-refractivity contribution in [1.29, 1.82) is 0 Å². The van der Waals surface area contributed by atoms with Crippen molar-refractivity contribution in [3.05, 3.63) is 45.9 Å². The molecule has 1 aliphatic rings. The number of carbonyl (C=O) groups excluding carboxylic acids is 1. The first-order valence-electron chi connectivity index (χ1n) is 8.49. The van der Waals surface area contributed by atoms with Gasteiger partial charge in [0.25, 0.3) is 5.91 Å². The van der Waals surface area contributed by atoms with E-state index in [-0.39, 0.29) is 12.5 Å². The molecule has 0 spiro atoms. The molecule has 0 aliphatic carbocycles. The van der Waals surface area contributed by atoms with Crippen LogP contribution in [-0.2, 0) is 11.3 Å². The Labute approximate surface area is 167 Å². The van der Waals surface area contributed by atoms with Gasteiger partial charge < -0.3 is 24.4 Å². The lowest BCUT2D eigenvalue weighted by atomic mass is 10.2. The standard InChI is InChI=1S/C19H20Cl2N2O4/c1-23(10-12-7-14(21)19-17(8-12)26-5-6-27-19)11-18(24)22-15-9-13(20)3-4-16(15)25-2/h3-4,7-9H,5-6,10-11H2,1-2H3,(H,22,24)/p+1. The number of fused-ring (bicyclic) bond motifs is 1. The van der Waals surface area contributed by atoms with Gasteiger partial charge in [-0.05, 0) is 30.3 Å². The highest BCUT2D eigenvalue weighted by Gasteiger charge is 2.19. The van der Waals surface area contributed by atoms with Crippen LogP contribution in [0, 0.1) is 0 Å². The fourth-order valence-electron chi connectivity index (χ4n) is 2.92. The zero-order chi connectivity index (χ0) is 19.4. The molecular weight excluding hydrogens is 391 g/mol. The number of benzene rings is 2. The number of quaternary nitrogens is 1. The van der Waals surface area contributed by atoms with Gasteiger partial charge in [0.1, 0.15) is 25.5 Å². The van der Waals surface area contributed by atoms with E-state index >= 15 is 0 Å². The Morgan fingerprint density at radius 3 is 2.78 bits per heavy atom. The molecule has 27 heavy (non-hydrogen) atoms. The molecule has 8 heteroatoms. The van der Waals surface area contributed by atoms with Gasteiger partial charge in [0.15, 0.2) is 18.0 Å². The van der Waals surface area contributed by atoms with Crippen molar-refractivity contribution in [2.45, 2.75) is 6.54 Å². The maximum absolute atomic E-state index is 12.4. The van der Waals surface area contributed by atoms with Crippen molar-refractivity contribution in [3.8, 4) is 17.2 Å². The smallest absolute Gasteiger partial charge is 0.279 e. The Kier molecular flexibility index (Phi) is 6.31. The lowest BCUT2D eigenvalue weighted by Crippen LogP contribution is -3.08. The van der Waals surface area contributed by atoms with Crippen LogP contribution in [0.2, 0.25) is 10.0 Å². The van der Waals surface area contributed by atoms with E-state index in [0.29, 0.717) is 52.7 Å². The third kappa shape index (κ3) is 4.97. The van der Waals surface area contributed by atoms with Crippen molar-refractivity contribution >= 4 is 34.8 Å². The van der Waals surface area contributed by atoms with E-state index in [1.165, 1.54) is 0 Å². The van der Waals surface area contributed by atoms with Crippen molar-refractivity contribution in [2.75, 3.05) is 39.2 Å². The number of methoxy groups -OCH3 is 1. The van der Waals surface area contributed by atoms with Gasteiger partial charge in [0.05, 0.1) is 24.9 Å². The van der Waals surface area contributed by atoms with Gasteiger partial charge in [-0.3, -0.25) is 4.79 Å². The third-order valence-corrected chi connectivity index (χ3v) is 4.58. The predicted octanol–water partition coefficient (Wildman–Crippen LogP) is 2.43. The molecule has 2 aromatic carbocycles. The number of likely N-dealkylation sites (N-methyl/N-ethyl adjacent to an activating group) is 1. The van der Waals surface area contributed by atoms with Gasteiger partial charge in [0, 0.05) is 10.6 Å². The summed E-state index contributed by atoms with van der Waals surface area (Å²) in [6.45, 7) is 1.86. The molecule has 0 bridgehead atoms. The van der Waals surface area contributed by atoms with Crippen LogP contribution in [0.15, 0.2) is 30.3 Å². The minimum atomic E-state index is -0.142. The summed E-state index contributed by atoms with van der Waals surface area (Å²) < 4.78 is 16.4. The van der Waals surface area contributed by atoms with E-state index in [1.54, 1.807) is 25.3 Å². The largest absolute Gasteiger partial charge is 0.495 e. The number of halogens is 2. The van der Waals surface area contributed by atoms with E-state index in [0.717, 1.165) is 10.5 Å². The van der Waals surface area contributed by atoms with Crippen LogP contribution < -0.4 is 24.4 Å². The van der Waals surface area contributed by atoms with E-state index in [1.807, 2.05) is 19.2 Å². The van der Waals surface area contributed by atoms with Crippen LogP contribution in [0.5, 0.6) is 17.2 Å². The first-order chi connectivity index (χ1) is 13.0. The van der Waals surface area contributed by atoms with Crippen LogP contribution in [0.25, 0.3) is 0 Å². The summed E-state index contributed by atoms with van der Waals surface area (Å²) in [5.74, 6) is 1.64. The molecule has 6 nitrogen and oxygen atoms in total. The minimum absolute atomic E-state index is 0.142. The van der Waals surface area contributed by atoms with Crippen molar-refractivity contribution in [3.63, 3.8) is 0 Å². The van der Waals surface area contributed by atoms with Crippen LogP contribution in [-0.4, -0.2) is 39.8 Å². The zero-order valence-corrected chi connectivity index (χ0v) is 16.6. The highest BCUT2D eigenvalue weighted by atomic mass is 35.5. The van der Waals surface area contributed by atoms with Crippen molar-refractivity contribution in [1.82, 2.24) is 0 Å². The zero-order valence-electron chi connectivity index (χ0n) is 15.1. The van der Waals surface area contributed by atoms with E-state index < -0.39 is 0 Å². The van der Waals surface area contributed by atoms with E-state index in [9.17, 15) is 4.79 Å². The number of carbonyl (C=O) groups is 1. The fourth-order valence-corrected chi connectivity index (χ4v) is 3.38. The second-order valence-electron chi connectivity index (χ2n) is 6.31. The molecule has 1 heterocycles. The molecular formula is C19H21Cl2N2O4+. The molecule has 1 unspecified atom stereocenters. The molecule has 2 N–H and O–H groups in total. The predicted molar refractivity (Wildman–Crippen MR) is 105 cm³/mol. The molecule has 0 fully saturated rings. The van der Waals surface area contributed by atoms with Crippen molar-refractivity contribution < 1.29 is 23.9 Å². The monoisotopic (exact) mass is 411 g/mol. The molecule has 2 aromatic rings. The normalized spacial score (nSPS) is 13.8. The van der Waals surface area contributed by atoms with Gasteiger partial charge >= 0.3 is 0 Å². The number of rotatable bonds is 6. The molecule has 1 amide bonds. The first-order valence-corrected chi connectivity index (χ1v) is 9.24. The topological polar surface area (TPSA) is 61.2 Å². The number of nitrogens with one attached hydrogen (secondary N) is 2. The maximum atomic E-state index is 12.4. The second kappa shape index (κ2) is 8.69. The first kappa shape index (κ1) is 19.6. The summed E-state index contributed by atoms with van der Waals surface area (Å²) in [5, 5.41) is 3.88. The van der Waals surface area contributed by atoms with Crippen LogP contribution in [0.1, 0.15) is 5.56 Å². The lowest BCUT2D eigenvalue weighted by molar-refractivity contribution is -0.885. The van der Waals surface area contributed by atoms with Gasteiger partial charge in [-0.25, -0.2) is 0 Å². The fraction of sp³-hybridized carbons (Fsp3) is 0.316. The molecule has 0 radical (unpaired) electrons. The van der Waals surface area contributed by atoms with Crippen molar-refractivity contribution in [2.24, 2.45) is 0 Å². The molecule has 0 aromatic heterocycles. The molecule has 1 atom stereocenters. The quantitative estimate of drug-likeness (QED) is 0.765. The second-order valence-corrected chi connectivity index (χ2v) is 7.15. The molecule has 144 valence electrons. The summed E-state index contributed by atoms with van der Waals surface area (Å²) in [6, 6.07) is 8.83. The van der Waals surface area contributed by atoms with E-state index in [2.05, 4.69) is 5.32 Å². The SMILES string of the molecule is COc1ccc(Cl)cc1NC(=O)C[NH+](C)Cc1cc(Cl)c2c(c1)OCCO2. The average molecular weight is 412 g/mol. The van der Waals surface area contributed by atoms with Gasteiger partial charge in [-0.2, -0.15) is 0 Å². The average Bonchev–Trinajstić information content (AvgIpc) is 2.61. The Bertz CT molecular complexity index is 845. The van der Waals surface area contributed by atoms with Gasteiger partial charge in [-0.1, -0.05) is 23.2 Å². The van der Waals surface area contributed by atoms with Crippen LogP contribution in [0.4, 0.5) is 5.69 Å². The summed E-state index contributed by atoms with van der Waals surface area (Å²) >= 11 is 12.3.